The van der Waals surface area contributed by atoms with Gasteiger partial charge in [0.1, 0.15) is 0 Å². The largest absolute Gasteiger partial charge is 0.309 e. The Labute approximate surface area is 110 Å². The standard InChI is InChI=1S/C14H26N2O2/c15-13(12-8-4-3-5-9-12)10-6-1-2-7-11-14(17)16-18/h12,15,18H,1-11H2,(H,16,17). The van der Waals surface area contributed by atoms with Crippen molar-refractivity contribution in [1.29, 1.82) is 5.41 Å². The number of amides is 1. The number of hydroxylamine groups is 1. The van der Waals surface area contributed by atoms with E-state index in [0.717, 1.165) is 37.8 Å². The summed E-state index contributed by atoms with van der Waals surface area (Å²) >= 11 is 0. The van der Waals surface area contributed by atoms with Crippen molar-refractivity contribution in [2.45, 2.75) is 70.6 Å². The van der Waals surface area contributed by atoms with Gasteiger partial charge < -0.3 is 5.41 Å². The molecule has 0 unspecified atom stereocenters. The van der Waals surface area contributed by atoms with Crippen LogP contribution in [0.3, 0.4) is 0 Å². The molecule has 1 aliphatic carbocycles. The van der Waals surface area contributed by atoms with Crippen LogP contribution in [0.1, 0.15) is 70.6 Å². The van der Waals surface area contributed by atoms with Crippen LogP contribution in [0.15, 0.2) is 0 Å². The molecule has 1 saturated carbocycles. The Morgan fingerprint density at radius 1 is 1.06 bits per heavy atom. The van der Waals surface area contributed by atoms with E-state index in [1.165, 1.54) is 32.1 Å². The van der Waals surface area contributed by atoms with E-state index in [9.17, 15) is 4.79 Å². The highest BCUT2D eigenvalue weighted by atomic mass is 16.5. The molecule has 1 rings (SSSR count). The van der Waals surface area contributed by atoms with Crippen molar-refractivity contribution in [1.82, 2.24) is 5.48 Å². The fraction of sp³-hybridized carbons (Fsp3) is 0.857. The Balaban J connectivity index is 1.96. The second-order valence-electron chi connectivity index (χ2n) is 5.31. The summed E-state index contributed by atoms with van der Waals surface area (Å²) in [4.78, 5) is 10.8. The first-order chi connectivity index (χ1) is 8.74. The minimum Gasteiger partial charge on any atom is -0.309 e. The Bertz CT molecular complexity index is 261. The Morgan fingerprint density at radius 3 is 2.28 bits per heavy atom. The molecule has 0 aromatic carbocycles. The van der Waals surface area contributed by atoms with Gasteiger partial charge in [0.25, 0.3) is 0 Å². The van der Waals surface area contributed by atoms with Gasteiger partial charge in [0.2, 0.25) is 5.91 Å². The smallest absolute Gasteiger partial charge is 0.243 e. The molecule has 1 aliphatic rings. The van der Waals surface area contributed by atoms with Gasteiger partial charge in [-0.3, -0.25) is 10.0 Å². The van der Waals surface area contributed by atoms with Gasteiger partial charge >= 0.3 is 0 Å². The van der Waals surface area contributed by atoms with Crippen LogP contribution in [-0.4, -0.2) is 16.8 Å². The molecule has 0 heterocycles. The molecule has 1 amide bonds. The molecule has 4 heteroatoms. The van der Waals surface area contributed by atoms with Gasteiger partial charge in [0, 0.05) is 12.1 Å². The van der Waals surface area contributed by atoms with Crippen LogP contribution in [0.4, 0.5) is 0 Å². The summed E-state index contributed by atoms with van der Waals surface area (Å²) in [7, 11) is 0. The lowest BCUT2D eigenvalue weighted by Gasteiger charge is -2.22. The Kier molecular flexibility index (Phi) is 7.65. The fourth-order valence-electron chi connectivity index (χ4n) is 2.67. The second kappa shape index (κ2) is 9.09. The first-order valence-electron chi connectivity index (χ1n) is 7.24. The number of hydrogen-bond donors (Lipinski definition) is 3. The van der Waals surface area contributed by atoms with Gasteiger partial charge in [-0.05, 0) is 38.0 Å². The van der Waals surface area contributed by atoms with Crippen molar-refractivity contribution in [2.75, 3.05) is 0 Å². The van der Waals surface area contributed by atoms with Crippen LogP contribution >= 0.6 is 0 Å². The number of hydrogen-bond acceptors (Lipinski definition) is 3. The molecule has 3 N–H and O–H groups in total. The van der Waals surface area contributed by atoms with Gasteiger partial charge in [-0.2, -0.15) is 0 Å². The summed E-state index contributed by atoms with van der Waals surface area (Å²) in [6.45, 7) is 0. The molecule has 0 saturated heterocycles. The van der Waals surface area contributed by atoms with Crippen molar-refractivity contribution < 1.29 is 10.0 Å². The molecule has 18 heavy (non-hydrogen) atoms. The van der Waals surface area contributed by atoms with Gasteiger partial charge in [-0.1, -0.05) is 32.1 Å². The number of nitrogens with one attached hydrogen (secondary N) is 2. The zero-order chi connectivity index (χ0) is 13.2. The van der Waals surface area contributed by atoms with Gasteiger partial charge in [0.05, 0.1) is 0 Å². The Hall–Kier alpha value is -0.900. The highest BCUT2D eigenvalue weighted by molar-refractivity contribution is 5.83. The molecule has 0 aromatic heterocycles. The van der Waals surface area contributed by atoms with E-state index < -0.39 is 0 Å². The molecule has 1 fully saturated rings. The predicted octanol–water partition coefficient (Wildman–Crippen LogP) is 3.43. The highest BCUT2D eigenvalue weighted by Gasteiger charge is 2.17. The normalized spacial score (nSPS) is 16.5. The maximum atomic E-state index is 10.8. The maximum Gasteiger partial charge on any atom is 0.243 e. The van der Waals surface area contributed by atoms with Gasteiger partial charge in [-0.25, -0.2) is 5.48 Å². The molecule has 0 spiro atoms. The Morgan fingerprint density at radius 2 is 1.67 bits per heavy atom. The summed E-state index contributed by atoms with van der Waals surface area (Å²) in [6, 6.07) is 0. The van der Waals surface area contributed by atoms with E-state index in [4.69, 9.17) is 10.6 Å². The molecular weight excluding hydrogens is 228 g/mol. The SMILES string of the molecule is N=C(CCCCCCC(=O)NO)C1CCCCC1. The van der Waals surface area contributed by atoms with E-state index in [0.29, 0.717) is 12.3 Å². The summed E-state index contributed by atoms with van der Waals surface area (Å²) in [5, 5.41) is 16.4. The first-order valence-corrected chi connectivity index (χ1v) is 7.24. The molecule has 0 bridgehead atoms. The maximum absolute atomic E-state index is 10.8. The van der Waals surface area contributed by atoms with E-state index in [1.807, 2.05) is 0 Å². The monoisotopic (exact) mass is 254 g/mol. The average molecular weight is 254 g/mol. The molecule has 0 radical (unpaired) electrons. The van der Waals surface area contributed by atoms with Crippen molar-refractivity contribution in [3.63, 3.8) is 0 Å². The molecule has 4 nitrogen and oxygen atoms in total. The molecule has 104 valence electrons. The average Bonchev–Trinajstić information content (AvgIpc) is 2.43. The van der Waals surface area contributed by atoms with Crippen LogP contribution in [0, 0.1) is 11.3 Å². The third kappa shape index (κ3) is 6.15. The summed E-state index contributed by atoms with van der Waals surface area (Å²) in [5.41, 5.74) is 2.59. The van der Waals surface area contributed by atoms with Crippen LogP contribution in [0.2, 0.25) is 0 Å². The van der Waals surface area contributed by atoms with Crippen molar-refractivity contribution in [2.24, 2.45) is 5.92 Å². The minimum atomic E-state index is -0.301. The lowest BCUT2D eigenvalue weighted by atomic mass is 9.84. The zero-order valence-corrected chi connectivity index (χ0v) is 11.2. The molecule has 0 aliphatic heterocycles. The van der Waals surface area contributed by atoms with E-state index in [1.54, 1.807) is 5.48 Å². The van der Waals surface area contributed by atoms with Crippen LogP contribution in [0.5, 0.6) is 0 Å². The van der Waals surface area contributed by atoms with Crippen molar-refractivity contribution in [3.05, 3.63) is 0 Å². The van der Waals surface area contributed by atoms with Crippen LogP contribution < -0.4 is 5.48 Å². The second-order valence-corrected chi connectivity index (χ2v) is 5.31. The van der Waals surface area contributed by atoms with Crippen molar-refractivity contribution in [3.8, 4) is 0 Å². The number of unbranched alkanes of at least 4 members (excludes halogenated alkanes) is 3. The number of carbonyl (C=O) groups excluding carboxylic acids is 1. The summed E-state index contributed by atoms with van der Waals surface area (Å²) < 4.78 is 0. The highest BCUT2D eigenvalue weighted by Crippen LogP contribution is 2.26. The van der Waals surface area contributed by atoms with Crippen LogP contribution in [-0.2, 0) is 4.79 Å². The third-order valence-electron chi connectivity index (χ3n) is 3.82. The minimum absolute atomic E-state index is 0.301. The van der Waals surface area contributed by atoms with Crippen molar-refractivity contribution >= 4 is 11.6 Å². The van der Waals surface area contributed by atoms with Crippen LogP contribution in [0.25, 0.3) is 0 Å². The van der Waals surface area contributed by atoms with E-state index in [-0.39, 0.29) is 5.91 Å². The number of rotatable bonds is 8. The zero-order valence-electron chi connectivity index (χ0n) is 11.2. The quantitative estimate of drug-likeness (QED) is 0.269. The first kappa shape index (κ1) is 15.2. The predicted molar refractivity (Wildman–Crippen MR) is 71.9 cm³/mol. The third-order valence-corrected chi connectivity index (χ3v) is 3.82. The lowest BCUT2D eigenvalue weighted by molar-refractivity contribution is -0.129. The lowest BCUT2D eigenvalue weighted by Crippen LogP contribution is -2.17. The summed E-state index contributed by atoms with van der Waals surface area (Å²) in [5.74, 6) is 0.254. The molecule has 0 aromatic rings. The van der Waals surface area contributed by atoms with Gasteiger partial charge in [-0.15, -0.1) is 0 Å². The topological polar surface area (TPSA) is 73.2 Å². The van der Waals surface area contributed by atoms with E-state index >= 15 is 0 Å². The molecular formula is C14H26N2O2. The van der Waals surface area contributed by atoms with Gasteiger partial charge in [0.15, 0.2) is 0 Å². The van der Waals surface area contributed by atoms with E-state index in [2.05, 4.69) is 0 Å². The molecule has 0 atom stereocenters. The number of carbonyl (C=O) groups is 1. The summed E-state index contributed by atoms with van der Waals surface area (Å²) in [6.07, 6.45) is 11.7. The fourth-order valence-corrected chi connectivity index (χ4v) is 2.67.